The van der Waals surface area contributed by atoms with Crippen molar-refractivity contribution >= 4 is 5.97 Å². The van der Waals surface area contributed by atoms with E-state index in [0.29, 0.717) is 36.0 Å². The normalized spacial score (nSPS) is 51.4. The third-order valence-corrected chi connectivity index (χ3v) is 10.6. The molecule has 172 valence electrons. The van der Waals surface area contributed by atoms with Gasteiger partial charge in [0, 0.05) is 6.42 Å². The molecule has 0 aromatic rings. The highest BCUT2D eigenvalue weighted by Gasteiger charge is 2.65. The number of carbonyl (C=O) groups excluding carboxylic acids is 1. The number of hydrogen-bond donors (Lipinski definition) is 3. The zero-order chi connectivity index (χ0) is 21.8. The maximum absolute atomic E-state index is 11.7. The zero-order valence-electron chi connectivity index (χ0n) is 19.2. The molecule has 4 fully saturated rings. The van der Waals surface area contributed by atoms with Crippen LogP contribution in [0.15, 0.2) is 0 Å². The van der Waals surface area contributed by atoms with Gasteiger partial charge in [-0.25, -0.2) is 0 Å². The van der Waals surface area contributed by atoms with E-state index in [1.807, 2.05) is 0 Å². The highest BCUT2D eigenvalue weighted by molar-refractivity contribution is 5.69. The van der Waals surface area contributed by atoms with E-state index in [1.165, 1.54) is 7.11 Å². The standard InChI is InChI=1S/C25H42O5/c1-14(5-8-22(29)30-4)17-6-7-18-23-19(13-21(28)25(17,18)3)24(2)10-9-16(26)11-15(24)12-20(23)27/h14-21,23,26-28H,5-13H2,1-4H3/t14-,15+,16-,17-,18?,19?,20-,21+,23?,24+,25-/m1/s1. The lowest BCUT2D eigenvalue weighted by Crippen LogP contribution is -2.62. The Labute approximate surface area is 181 Å². The molecule has 11 atom stereocenters. The summed E-state index contributed by atoms with van der Waals surface area (Å²) < 4.78 is 4.83. The van der Waals surface area contributed by atoms with Gasteiger partial charge in [-0.3, -0.25) is 4.79 Å². The molecular formula is C25H42O5. The minimum Gasteiger partial charge on any atom is -0.469 e. The first-order chi connectivity index (χ1) is 14.1. The average Bonchev–Trinajstić information content (AvgIpc) is 3.06. The molecule has 5 nitrogen and oxygen atoms in total. The van der Waals surface area contributed by atoms with E-state index >= 15 is 0 Å². The molecule has 0 radical (unpaired) electrons. The lowest BCUT2D eigenvalue weighted by molar-refractivity contribution is -0.207. The lowest BCUT2D eigenvalue weighted by atomic mass is 9.43. The summed E-state index contributed by atoms with van der Waals surface area (Å²) in [5.41, 5.74) is -0.0882. The maximum Gasteiger partial charge on any atom is 0.305 e. The third kappa shape index (κ3) is 3.34. The number of methoxy groups -OCH3 is 1. The summed E-state index contributed by atoms with van der Waals surface area (Å²) in [4.78, 5) is 11.7. The van der Waals surface area contributed by atoms with Crippen LogP contribution in [0.1, 0.15) is 78.6 Å². The highest BCUT2D eigenvalue weighted by Crippen LogP contribution is 2.68. The Bertz CT molecular complexity index is 651. The number of ether oxygens (including phenoxy) is 1. The van der Waals surface area contributed by atoms with Crippen molar-refractivity contribution in [2.24, 2.45) is 46.3 Å². The second-order valence-electron chi connectivity index (χ2n) is 11.6. The molecule has 4 aliphatic rings. The van der Waals surface area contributed by atoms with E-state index in [0.717, 1.165) is 51.4 Å². The van der Waals surface area contributed by atoms with Crippen molar-refractivity contribution in [3.05, 3.63) is 0 Å². The van der Waals surface area contributed by atoms with Crippen LogP contribution in [0.2, 0.25) is 0 Å². The Hall–Kier alpha value is -0.650. The number of hydrogen-bond acceptors (Lipinski definition) is 5. The van der Waals surface area contributed by atoms with Gasteiger partial charge in [-0.2, -0.15) is 0 Å². The van der Waals surface area contributed by atoms with E-state index < -0.39 is 0 Å². The molecule has 0 saturated heterocycles. The largest absolute Gasteiger partial charge is 0.469 e. The van der Waals surface area contributed by atoms with Gasteiger partial charge in [0.15, 0.2) is 0 Å². The van der Waals surface area contributed by atoms with E-state index in [-0.39, 0.29) is 41.0 Å². The quantitative estimate of drug-likeness (QED) is 0.603. The molecule has 3 N–H and O–H groups in total. The summed E-state index contributed by atoms with van der Waals surface area (Å²) in [5.74, 6) is 1.81. The van der Waals surface area contributed by atoms with Crippen LogP contribution < -0.4 is 0 Å². The van der Waals surface area contributed by atoms with Crippen molar-refractivity contribution < 1.29 is 24.9 Å². The van der Waals surface area contributed by atoms with Gasteiger partial charge in [0.25, 0.3) is 0 Å². The van der Waals surface area contributed by atoms with Crippen LogP contribution in [-0.2, 0) is 9.53 Å². The maximum atomic E-state index is 11.7. The fourth-order valence-electron chi connectivity index (χ4n) is 8.78. The van der Waals surface area contributed by atoms with Gasteiger partial charge >= 0.3 is 5.97 Å². The Morgan fingerprint density at radius 3 is 2.50 bits per heavy atom. The van der Waals surface area contributed by atoms with Crippen LogP contribution in [0.25, 0.3) is 0 Å². The number of aliphatic hydroxyl groups excluding tert-OH is 3. The van der Waals surface area contributed by atoms with Gasteiger partial charge in [0.05, 0.1) is 25.4 Å². The number of carbonyl (C=O) groups is 1. The van der Waals surface area contributed by atoms with Gasteiger partial charge in [0.1, 0.15) is 0 Å². The number of fused-ring (bicyclic) bond motifs is 5. The number of esters is 1. The third-order valence-electron chi connectivity index (χ3n) is 10.6. The fraction of sp³-hybridized carbons (Fsp3) is 0.960. The Morgan fingerprint density at radius 1 is 1.07 bits per heavy atom. The molecule has 0 bridgehead atoms. The number of aliphatic hydroxyl groups is 3. The summed E-state index contributed by atoms with van der Waals surface area (Å²) in [7, 11) is 1.44. The van der Waals surface area contributed by atoms with Crippen molar-refractivity contribution in [2.75, 3.05) is 7.11 Å². The number of rotatable bonds is 4. The monoisotopic (exact) mass is 422 g/mol. The highest BCUT2D eigenvalue weighted by atomic mass is 16.5. The molecule has 0 heterocycles. The molecule has 4 saturated carbocycles. The summed E-state index contributed by atoms with van der Waals surface area (Å²) in [5, 5.41) is 33.1. The Kier molecular flexibility index (Phi) is 6.04. The molecule has 4 rings (SSSR count). The predicted octanol–water partition coefficient (Wildman–Crippen LogP) is 3.54. The Balaban J connectivity index is 1.58. The summed E-state index contributed by atoms with van der Waals surface area (Å²) >= 11 is 0. The van der Waals surface area contributed by atoms with Crippen molar-refractivity contribution in [3.8, 4) is 0 Å². The molecule has 5 heteroatoms. The molecule has 0 aromatic carbocycles. The van der Waals surface area contributed by atoms with Crippen LogP contribution in [0.5, 0.6) is 0 Å². The summed E-state index contributed by atoms with van der Waals surface area (Å²) in [6, 6.07) is 0. The van der Waals surface area contributed by atoms with E-state index in [4.69, 9.17) is 4.74 Å². The molecule has 3 unspecified atom stereocenters. The predicted molar refractivity (Wildman–Crippen MR) is 114 cm³/mol. The topological polar surface area (TPSA) is 87.0 Å². The molecule has 0 aliphatic heterocycles. The average molecular weight is 423 g/mol. The van der Waals surface area contributed by atoms with E-state index in [2.05, 4.69) is 20.8 Å². The Morgan fingerprint density at radius 2 is 1.80 bits per heavy atom. The van der Waals surface area contributed by atoms with Crippen molar-refractivity contribution in [2.45, 2.75) is 96.9 Å². The minimum absolute atomic E-state index is 0.111. The van der Waals surface area contributed by atoms with Crippen LogP contribution in [-0.4, -0.2) is 46.7 Å². The first-order valence-corrected chi connectivity index (χ1v) is 12.2. The first kappa shape index (κ1) is 22.5. The van der Waals surface area contributed by atoms with E-state index in [9.17, 15) is 20.1 Å². The van der Waals surface area contributed by atoms with Crippen molar-refractivity contribution in [3.63, 3.8) is 0 Å². The fourth-order valence-corrected chi connectivity index (χ4v) is 8.78. The van der Waals surface area contributed by atoms with Crippen LogP contribution in [0, 0.1) is 46.3 Å². The van der Waals surface area contributed by atoms with Crippen LogP contribution >= 0.6 is 0 Å². The molecular weight excluding hydrogens is 380 g/mol. The summed E-state index contributed by atoms with van der Waals surface area (Å²) in [6.45, 7) is 6.85. The van der Waals surface area contributed by atoms with Crippen LogP contribution in [0.4, 0.5) is 0 Å². The zero-order valence-corrected chi connectivity index (χ0v) is 19.2. The van der Waals surface area contributed by atoms with Gasteiger partial charge in [-0.15, -0.1) is 0 Å². The molecule has 0 spiro atoms. The van der Waals surface area contributed by atoms with Gasteiger partial charge in [-0.05, 0) is 97.7 Å². The lowest BCUT2D eigenvalue weighted by Gasteiger charge is -2.63. The minimum atomic E-state index is -0.369. The van der Waals surface area contributed by atoms with E-state index in [1.54, 1.807) is 0 Å². The smallest absolute Gasteiger partial charge is 0.305 e. The SMILES string of the molecule is COC(=O)CC[C@@H](C)[C@H]1CCC2C3C(C[C@H](O)[C@@]21C)[C@@]1(C)CC[C@@H](O)C[C@H]1C[C@H]3O. The molecule has 4 aliphatic carbocycles. The van der Waals surface area contributed by atoms with Crippen molar-refractivity contribution in [1.29, 1.82) is 0 Å². The second kappa shape index (κ2) is 8.04. The van der Waals surface area contributed by atoms with Gasteiger partial charge in [-0.1, -0.05) is 20.8 Å². The van der Waals surface area contributed by atoms with Gasteiger partial charge in [0.2, 0.25) is 0 Å². The molecule has 0 aromatic heterocycles. The summed E-state index contributed by atoms with van der Waals surface area (Å²) in [6.07, 6.45) is 6.60. The first-order valence-electron chi connectivity index (χ1n) is 12.2. The van der Waals surface area contributed by atoms with Crippen molar-refractivity contribution in [1.82, 2.24) is 0 Å². The second-order valence-corrected chi connectivity index (χ2v) is 11.6. The van der Waals surface area contributed by atoms with Crippen LogP contribution in [0.3, 0.4) is 0 Å². The van der Waals surface area contributed by atoms with Gasteiger partial charge < -0.3 is 20.1 Å². The molecule has 0 amide bonds. The molecule has 30 heavy (non-hydrogen) atoms.